The first-order valence-corrected chi connectivity index (χ1v) is 7.84. The van der Waals surface area contributed by atoms with Crippen LogP contribution in [0.25, 0.3) is 5.69 Å². The Bertz CT molecular complexity index is 596. The lowest BCUT2D eigenvalue weighted by atomic mass is 10.1. The van der Waals surface area contributed by atoms with E-state index in [1.807, 2.05) is 55.2 Å². The number of thioether (sulfide) groups is 1. The summed E-state index contributed by atoms with van der Waals surface area (Å²) in [5.41, 5.74) is 1.59. The molecule has 5 heteroatoms. The van der Waals surface area contributed by atoms with Crippen molar-refractivity contribution in [3.8, 4) is 5.69 Å². The van der Waals surface area contributed by atoms with E-state index < -0.39 is 0 Å². The van der Waals surface area contributed by atoms with Crippen molar-refractivity contribution in [3.63, 3.8) is 0 Å². The summed E-state index contributed by atoms with van der Waals surface area (Å²) in [7, 11) is 2.02. The van der Waals surface area contributed by atoms with Crippen LogP contribution in [0.3, 0.4) is 0 Å². The Labute approximate surface area is 122 Å². The van der Waals surface area contributed by atoms with Gasteiger partial charge in [0, 0.05) is 18.1 Å². The maximum Gasteiger partial charge on any atom is 0.199 e. The molecule has 1 aromatic carbocycles. The summed E-state index contributed by atoms with van der Waals surface area (Å²) in [6, 6.07) is 11.5. The third kappa shape index (κ3) is 2.51. The molecule has 1 aliphatic rings. The summed E-state index contributed by atoms with van der Waals surface area (Å²) in [6.07, 6.45) is 1.69. The van der Waals surface area contributed by atoms with Gasteiger partial charge in [0.05, 0.1) is 17.9 Å². The number of nitrogens with zero attached hydrogens (tertiary/aromatic N) is 3. The van der Waals surface area contributed by atoms with Crippen LogP contribution in [-0.2, 0) is 0 Å². The molecule has 2 aromatic rings. The molecular weight excluding hydrogens is 270 g/mol. The van der Waals surface area contributed by atoms with Gasteiger partial charge in [-0.3, -0.25) is 9.69 Å². The summed E-state index contributed by atoms with van der Waals surface area (Å²) in [6.45, 7) is 0.959. The predicted octanol–water partition coefficient (Wildman–Crippen LogP) is 2.10. The topological polar surface area (TPSA) is 38.1 Å². The van der Waals surface area contributed by atoms with Gasteiger partial charge in [-0.2, -0.15) is 16.9 Å². The van der Waals surface area contributed by atoms with E-state index in [1.54, 1.807) is 10.9 Å². The molecule has 3 rings (SSSR count). The minimum Gasteiger partial charge on any atom is -0.295 e. The Morgan fingerprint density at radius 3 is 2.85 bits per heavy atom. The number of ketones is 1. The molecular formula is C15H17N3OS. The van der Waals surface area contributed by atoms with Gasteiger partial charge in [0.1, 0.15) is 5.69 Å². The standard InChI is InChI=1S/C15H17N3OS/c1-17-9-10-20-11-14(17)15(19)13-7-8-16-18(13)12-5-3-2-4-6-12/h2-8,14H,9-11H2,1H3. The van der Waals surface area contributed by atoms with Crippen molar-refractivity contribution >= 4 is 17.5 Å². The highest BCUT2D eigenvalue weighted by atomic mass is 32.2. The molecule has 1 atom stereocenters. The number of aromatic nitrogens is 2. The van der Waals surface area contributed by atoms with E-state index in [9.17, 15) is 4.79 Å². The fourth-order valence-electron chi connectivity index (χ4n) is 2.40. The second kappa shape index (κ2) is 5.81. The highest BCUT2D eigenvalue weighted by Gasteiger charge is 2.29. The normalized spacial score (nSPS) is 19.9. The number of likely N-dealkylation sites (N-methyl/N-ethyl adjacent to an activating group) is 1. The van der Waals surface area contributed by atoms with Crippen LogP contribution in [0.2, 0.25) is 0 Å². The van der Waals surface area contributed by atoms with Crippen LogP contribution in [0.1, 0.15) is 10.5 Å². The molecule has 2 heterocycles. The number of para-hydroxylation sites is 1. The Kier molecular flexibility index (Phi) is 3.89. The largest absolute Gasteiger partial charge is 0.295 e. The first-order valence-electron chi connectivity index (χ1n) is 6.69. The monoisotopic (exact) mass is 287 g/mol. The molecule has 0 aliphatic carbocycles. The van der Waals surface area contributed by atoms with Gasteiger partial charge in [0.2, 0.25) is 0 Å². The van der Waals surface area contributed by atoms with E-state index in [-0.39, 0.29) is 11.8 Å². The van der Waals surface area contributed by atoms with Gasteiger partial charge in [0.25, 0.3) is 0 Å². The second-order valence-corrected chi connectivity index (χ2v) is 6.05. The van der Waals surface area contributed by atoms with E-state index in [0.717, 1.165) is 23.7 Å². The van der Waals surface area contributed by atoms with Crippen LogP contribution in [0, 0.1) is 0 Å². The smallest absolute Gasteiger partial charge is 0.199 e. The first-order chi connectivity index (χ1) is 9.77. The van der Waals surface area contributed by atoms with Crippen molar-refractivity contribution in [3.05, 3.63) is 48.3 Å². The first kappa shape index (κ1) is 13.4. The summed E-state index contributed by atoms with van der Waals surface area (Å²) in [5.74, 6) is 2.11. The van der Waals surface area contributed by atoms with Gasteiger partial charge < -0.3 is 0 Å². The van der Waals surface area contributed by atoms with Gasteiger partial charge in [-0.15, -0.1) is 0 Å². The van der Waals surface area contributed by atoms with Gasteiger partial charge in [0.15, 0.2) is 5.78 Å². The van der Waals surface area contributed by atoms with E-state index in [2.05, 4.69) is 10.00 Å². The van der Waals surface area contributed by atoms with Gasteiger partial charge in [-0.05, 0) is 25.2 Å². The van der Waals surface area contributed by atoms with E-state index in [1.165, 1.54) is 0 Å². The maximum atomic E-state index is 12.7. The zero-order valence-corrected chi connectivity index (χ0v) is 12.2. The quantitative estimate of drug-likeness (QED) is 0.810. The predicted molar refractivity (Wildman–Crippen MR) is 81.6 cm³/mol. The van der Waals surface area contributed by atoms with Crippen molar-refractivity contribution in [1.29, 1.82) is 0 Å². The zero-order valence-electron chi connectivity index (χ0n) is 11.4. The van der Waals surface area contributed by atoms with Crippen LogP contribution in [0.4, 0.5) is 0 Å². The lowest BCUT2D eigenvalue weighted by molar-refractivity contribution is 0.0866. The fraction of sp³-hybridized carbons (Fsp3) is 0.333. The average molecular weight is 287 g/mol. The van der Waals surface area contributed by atoms with Crippen molar-refractivity contribution < 1.29 is 4.79 Å². The number of benzene rings is 1. The van der Waals surface area contributed by atoms with Crippen LogP contribution in [-0.4, -0.2) is 51.6 Å². The zero-order chi connectivity index (χ0) is 13.9. The Morgan fingerprint density at radius 1 is 1.30 bits per heavy atom. The van der Waals surface area contributed by atoms with E-state index in [4.69, 9.17) is 0 Å². The SMILES string of the molecule is CN1CCSCC1C(=O)c1ccnn1-c1ccccc1. The molecule has 104 valence electrons. The molecule has 0 bridgehead atoms. The van der Waals surface area contributed by atoms with Crippen molar-refractivity contribution in [2.24, 2.45) is 0 Å². The number of hydrogen-bond acceptors (Lipinski definition) is 4. The molecule has 0 radical (unpaired) electrons. The maximum absolute atomic E-state index is 12.7. The van der Waals surface area contributed by atoms with Crippen molar-refractivity contribution in [2.75, 3.05) is 25.1 Å². The second-order valence-electron chi connectivity index (χ2n) is 4.90. The van der Waals surface area contributed by atoms with Gasteiger partial charge >= 0.3 is 0 Å². The molecule has 20 heavy (non-hydrogen) atoms. The highest BCUT2D eigenvalue weighted by molar-refractivity contribution is 7.99. The van der Waals surface area contributed by atoms with Gasteiger partial charge in [-0.1, -0.05) is 18.2 Å². The molecule has 1 fully saturated rings. The number of rotatable bonds is 3. The summed E-state index contributed by atoms with van der Waals surface area (Å²) in [4.78, 5) is 14.9. The van der Waals surface area contributed by atoms with Crippen molar-refractivity contribution in [2.45, 2.75) is 6.04 Å². The van der Waals surface area contributed by atoms with Crippen molar-refractivity contribution in [1.82, 2.24) is 14.7 Å². The highest BCUT2D eigenvalue weighted by Crippen LogP contribution is 2.20. The number of carbonyl (C=O) groups excluding carboxylic acids is 1. The summed E-state index contributed by atoms with van der Waals surface area (Å²) < 4.78 is 1.73. The molecule has 0 amide bonds. The lowest BCUT2D eigenvalue weighted by Gasteiger charge is -2.30. The number of hydrogen-bond donors (Lipinski definition) is 0. The lowest BCUT2D eigenvalue weighted by Crippen LogP contribution is -2.45. The molecule has 0 N–H and O–H groups in total. The molecule has 0 saturated carbocycles. The Balaban J connectivity index is 1.91. The Hall–Kier alpha value is -1.59. The minimum atomic E-state index is -0.0482. The third-order valence-electron chi connectivity index (χ3n) is 3.59. The fourth-order valence-corrected chi connectivity index (χ4v) is 3.61. The summed E-state index contributed by atoms with van der Waals surface area (Å²) in [5, 5.41) is 4.30. The molecule has 4 nitrogen and oxygen atoms in total. The third-order valence-corrected chi connectivity index (χ3v) is 4.62. The molecule has 1 unspecified atom stereocenters. The minimum absolute atomic E-state index is 0.0482. The Morgan fingerprint density at radius 2 is 2.10 bits per heavy atom. The number of carbonyl (C=O) groups is 1. The van der Waals surface area contributed by atoms with Gasteiger partial charge in [-0.25, -0.2) is 4.68 Å². The van der Waals surface area contributed by atoms with Crippen LogP contribution in [0.15, 0.2) is 42.6 Å². The van der Waals surface area contributed by atoms with Crippen LogP contribution >= 0.6 is 11.8 Å². The van der Waals surface area contributed by atoms with E-state index >= 15 is 0 Å². The average Bonchev–Trinajstić information content (AvgIpc) is 2.97. The van der Waals surface area contributed by atoms with Crippen LogP contribution in [0.5, 0.6) is 0 Å². The molecule has 1 saturated heterocycles. The number of Topliss-reactive ketones (excluding diaryl/α,β-unsaturated/α-hetero) is 1. The molecule has 1 aromatic heterocycles. The van der Waals surface area contributed by atoms with Crippen LogP contribution < -0.4 is 0 Å². The summed E-state index contributed by atoms with van der Waals surface area (Å²) >= 11 is 1.84. The molecule has 0 spiro atoms. The van der Waals surface area contributed by atoms with E-state index in [0.29, 0.717) is 5.69 Å². The molecule has 1 aliphatic heterocycles.